The molecule has 48 valence electrons. The van der Waals surface area contributed by atoms with Gasteiger partial charge in [-0.2, -0.15) is 11.8 Å². The average molecular weight is 131 g/mol. The van der Waals surface area contributed by atoms with Crippen molar-refractivity contribution in [1.29, 1.82) is 0 Å². The van der Waals surface area contributed by atoms with Gasteiger partial charge in [0.1, 0.15) is 0 Å². The maximum Gasteiger partial charge on any atom is 0.0113 e. The van der Waals surface area contributed by atoms with E-state index in [2.05, 4.69) is 13.0 Å². The van der Waals surface area contributed by atoms with Gasteiger partial charge in [-0.25, -0.2) is 0 Å². The van der Waals surface area contributed by atoms with E-state index in [4.69, 9.17) is 5.73 Å². The minimum atomic E-state index is 0.671. The van der Waals surface area contributed by atoms with Crippen molar-refractivity contribution in [2.75, 3.05) is 18.1 Å². The number of hydrogen-bond acceptors (Lipinski definition) is 2. The molecular weight excluding hydrogens is 118 g/mol. The predicted molar refractivity (Wildman–Crippen MR) is 41.2 cm³/mol. The molecule has 1 nitrogen and oxygen atoms in total. The summed E-state index contributed by atoms with van der Waals surface area (Å²) in [4.78, 5) is 0. The van der Waals surface area contributed by atoms with Crippen molar-refractivity contribution in [2.24, 2.45) is 5.73 Å². The molecule has 2 N–H and O–H groups in total. The van der Waals surface area contributed by atoms with E-state index in [1.807, 2.05) is 17.8 Å². The topological polar surface area (TPSA) is 26.0 Å². The lowest BCUT2D eigenvalue weighted by Gasteiger charge is -1.86. The zero-order valence-electron chi connectivity index (χ0n) is 5.26. The summed E-state index contributed by atoms with van der Waals surface area (Å²) in [5.41, 5.74) is 5.21. The maximum atomic E-state index is 5.21. The van der Waals surface area contributed by atoms with Crippen LogP contribution in [0.25, 0.3) is 0 Å². The molecule has 8 heavy (non-hydrogen) atoms. The van der Waals surface area contributed by atoms with E-state index < -0.39 is 0 Å². The van der Waals surface area contributed by atoms with Gasteiger partial charge in [0.05, 0.1) is 0 Å². The third-order valence-electron chi connectivity index (χ3n) is 0.721. The number of thioether (sulfide) groups is 1. The van der Waals surface area contributed by atoms with Gasteiger partial charge in [-0.05, 0) is 5.75 Å². The van der Waals surface area contributed by atoms with Crippen molar-refractivity contribution in [3.05, 3.63) is 12.2 Å². The summed E-state index contributed by atoms with van der Waals surface area (Å²) in [5, 5.41) is 0. The minimum absolute atomic E-state index is 0.671. The molecular formula is C6H13NS. The molecule has 0 unspecified atom stereocenters. The largest absolute Gasteiger partial charge is 0.327 e. The molecule has 0 aliphatic carbocycles. The zero-order chi connectivity index (χ0) is 6.24. The Morgan fingerprint density at radius 3 is 2.75 bits per heavy atom. The van der Waals surface area contributed by atoms with Gasteiger partial charge in [0.15, 0.2) is 0 Å². The molecule has 0 saturated heterocycles. The molecule has 0 aliphatic rings. The predicted octanol–water partition coefficient (Wildman–Crippen LogP) is 1.25. The molecule has 2 heteroatoms. The van der Waals surface area contributed by atoms with E-state index >= 15 is 0 Å². The highest BCUT2D eigenvalue weighted by Crippen LogP contribution is 1.96. The smallest absolute Gasteiger partial charge is 0.0113 e. The number of hydrogen-bond donors (Lipinski definition) is 1. The lowest BCUT2D eigenvalue weighted by Crippen LogP contribution is -1.92. The fourth-order valence-electron chi connectivity index (χ4n) is 0.350. The van der Waals surface area contributed by atoms with E-state index in [9.17, 15) is 0 Å². The van der Waals surface area contributed by atoms with Gasteiger partial charge in [0.2, 0.25) is 0 Å². The van der Waals surface area contributed by atoms with Crippen molar-refractivity contribution < 1.29 is 0 Å². The molecule has 0 aromatic carbocycles. The second-order valence-corrected chi connectivity index (χ2v) is 2.69. The van der Waals surface area contributed by atoms with Crippen LogP contribution in [0.2, 0.25) is 0 Å². The standard InChI is InChI=1S/C6H13NS/c1-2-8-6-4-3-5-7/h3-4H,2,5-7H2,1H3. The molecule has 0 radical (unpaired) electrons. The second kappa shape index (κ2) is 7.05. The Labute approximate surface area is 55.3 Å². The highest BCUT2D eigenvalue weighted by atomic mass is 32.2. The first-order valence-electron chi connectivity index (χ1n) is 2.84. The Morgan fingerprint density at radius 1 is 1.50 bits per heavy atom. The summed E-state index contributed by atoms with van der Waals surface area (Å²) in [7, 11) is 0. The van der Waals surface area contributed by atoms with Crippen LogP contribution in [0.5, 0.6) is 0 Å². The maximum absolute atomic E-state index is 5.21. The minimum Gasteiger partial charge on any atom is -0.327 e. The van der Waals surface area contributed by atoms with Crippen LogP contribution in [0.15, 0.2) is 12.2 Å². The van der Waals surface area contributed by atoms with E-state index in [-0.39, 0.29) is 0 Å². The highest BCUT2D eigenvalue weighted by Gasteiger charge is 1.74. The highest BCUT2D eigenvalue weighted by molar-refractivity contribution is 7.99. The van der Waals surface area contributed by atoms with Crippen molar-refractivity contribution >= 4 is 11.8 Å². The molecule has 0 atom stereocenters. The first-order chi connectivity index (χ1) is 3.91. The van der Waals surface area contributed by atoms with Gasteiger partial charge in [-0.15, -0.1) is 0 Å². The quantitative estimate of drug-likeness (QED) is 0.459. The van der Waals surface area contributed by atoms with Crippen LogP contribution in [-0.4, -0.2) is 18.1 Å². The van der Waals surface area contributed by atoms with E-state index in [0.29, 0.717) is 6.54 Å². The van der Waals surface area contributed by atoms with Crippen LogP contribution in [-0.2, 0) is 0 Å². The van der Waals surface area contributed by atoms with Crippen LogP contribution >= 0.6 is 11.8 Å². The van der Waals surface area contributed by atoms with E-state index in [1.54, 1.807) is 0 Å². The second-order valence-electron chi connectivity index (χ2n) is 1.37. The Bertz CT molecular complexity index is 61.5. The summed E-state index contributed by atoms with van der Waals surface area (Å²) in [6.07, 6.45) is 4.09. The van der Waals surface area contributed by atoms with Crippen LogP contribution in [0, 0.1) is 0 Å². The molecule has 0 fully saturated rings. The fourth-order valence-corrected chi connectivity index (χ4v) is 0.858. The van der Waals surface area contributed by atoms with Gasteiger partial charge in [-0.1, -0.05) is 19.1 Å². The van der Waals surface area contributed by atoms with Crippen molar-refractivity contribution in [2.45, 2.75) is 6.92 Å². The van der Waals surface area contributed by atoms with E-state index in [0.717, 1.165) is 5.75 Å². The summed E-state index contributed by atoms with van der Waals surface area (Å²) < 4.78 is 0. The van der Waals surface area contributed by atoms with Crippen molar-refractivity contribution in [3.63, 3.8) is 0 Å². The third kappa shape index (κ3) is 6.05. The first kappa shape index (κ1) is 8.05. The SMILES string of the molecule is CCSCC=CCN. The molecule has 0 amide bonds. The Morgan fingerprint density at radius 2 is 2.25 bits per heavy atom. The van der Waals surface area contributed by atoms with Crippen LogP contribution < -0.4 is 5.73 Å². The lowest BCUT2D eigenvalue weighted by atomic mass is 10.5. The Balaban J connectivity index is 2.80. The normalized spacial score (nSPS) is 10.8. The van der Waals surface area contributed by atoms with Crippen LogP contribution in [0.3, 0.4) is 0 Å². The molecule has 0 spiro atoms. The average Bonchev–Trinajstić information content (AvgIpc) is 1.81. The van der Waals surface area contributed by atoms with Crippen molar-refractivity contribution in [3.8, 4) is 0 Å². The Hall–Kier alpha value is 0.0500. The molecule has 0 bridgehead atoms. The van der Waals surface area contributed by atoms with Gasteiger partial charge < -0.3 is 5.73 Å². The molecule has 0 rings (SSSR count). The summed E-state index contributed by atoms with van der Waals surface area (Å²) in [5.74, 6) is 2.29. The van der Waals surface area contributed by atoms with Gasteiger partial charge in [0.25, 0.3) is 0 Å². The summed E-state index contributed by atoms with van der Waals surface area (Å²) >= 11 is 1.91. The first-order valence-corrected chi connectivity index (χ1v) is 4.00. The van der Waals surface area contributed by atoms with Crippen LogP contribution in [0.1, 0.15) is 6.92 Å². The third-order valence-corrected chi connectivity index (χ3v) is 1.56. The van der Waals surface area contributed by atoms with Crippen molar-refractivity contribution in [1.82, 2.24) is 0 Å². The molecule has 0 aliphatic heterocycles. The number of nitrogens with two attached hydrogens (primary N) is 1. The molecule has 0 saturated carbocycles. The fraction of sp³-hybridized carbons (Fsp3) is 0.667. The zero-order valence-corrected chi connectivity index (χ0v) is 6.08. The monoisotopic (exact) mass is 131 g/mol. The summed E-state index contributed by atoms with van der Waals surface area (Å²) in [6.45, 7) is 2.82. The molecule has 0 heterocycles. The lowest BCUT2D eigenvalue weighted by molar-refractivity contribution is 1.25. The molecule has 0 aromatic heterocycles. The van der Waals surface area contributed by atoms with Gasteiger partial charge in [-0.3, -0.25) is 0 Å². The van der Waals surface area contributed by atoms with E-state index in [1.165, 1.54) is 5.75 Å². The van der Waals surface area contributed by atoms with Gasteiger partial charge >= 0.3 is 0 Å². The van der Waals surface area contributed by atoms with Gasteiger partial charge in [0, 0.05) is 12.3 Å². The molecule has 0 aromatic rings. The van der Waals surface area contributed by atoms with Crippen LogP contribution in [0.4, 0.5) is 0 Å². The summed E-state index contributed by atoms with van der Waals surface area (Å²) in [6, 6.07) is 0. The number of rotatable bonds is 4. The Kier molecular flexibility index (Phi) is 7.09.